The monoisotopic (exact) mass is 482 g/mol. The summed E-state index contributed by atoms with van der Waals surface area (Å²) in [4.78, 5) is 13.8. The molecule has 1 aliphatic carbocycles. The fraction of sp³-hybridized carbons (Fsp3) is 0.407. The highest BCUT2D eigenvalue weighted by molar-refractivity contribution is 5.74. The molecule has 36 heavy (non-hydrogen) atoms. The third-order valence-electron chi connectivity index (χ3n) is 7.63. The Bertz CT molecular complexity index is 1340. The van der Waals surface area contributed by atoms with Crippen molar-refractivity contribution < 1.29 is 5.11 Å². The molecule has 2 aromatic heterocycles. The van der Waals surface area contributed by atoms with Gasteiger partial charge in [-0.15, -0.1) is 10.2 Å². The number of benzene rings is 1. The average Bonchev–Trinajstić information content (AvgIpc) is 3.42. The number of hydrogen-bond acceptors (Lipinski definition) is 9. The SMILES string of the molecule is C[C@@H]1CCN(c2cc(-c3ccccc3O)nnc2N)CCN1c1ccnc(C#CC23CCC(C2)N3)n1. The quantitative estimate of drug-likeness (QED) is 0.484. The van der Waals surface area contributed by atoms with Gasteiger partial charge in [0, 0.05) is 43.5 Å². The summed E-state index contributed by atoms with van der Waals surface area (Å²) >= 11 is 0. The fourth-order valence-corrected chi connectivity index (χ4v) is 5.56. The smallest absolute Gasteiger partial charge is 0.206 e. The van der Waals surface area contributed by atoms with Gasteiger partial charge in [0.15, 0.2) is 5.82 Å². The maximum Gasteiger partial charge on any atom is 0.206 e. The van der Waals surface area contributed by atoms with E-state index in [-0.39, 0.29) is 17.3 Å². The number of nitrogens with two attached hydrogens (primary N) is 1. The molecule has 184 valence electrons. The second-order valence-electron chi connectivity index (χ2n) is 9.99. The highest BCUT2D eigenvalue weighted by atomic mass is 16.3. The molecular formula is C27H30N8O. The number of phenols is 1. The molecule has 7 rings (SSSR count). The van der Waals surface area contributed by atoms with Gasteiger partial charge in [-0.2, -0.15) is 0 Å². The first-order valence-corrected chi connectivity index (χ1v) is 12.6. The Kier molecular flexibility index (Phi) is 5.61. The molecule has 2 unspecified atom stereocenters. The van der Waals surface area contributed by atoms with Crippen molar-refractivity contribution in [1.29, 1.82) is 0 Å². The lowest BCUT2D eigenvalue weighted by Gasteiger charge is -2.35. The second kappa shape index (κ2) is 8.95. The Hall–Kier alpha value is -3.90. The molecular weight excluding hydrogens is 452 g/mol. The predicted molar refractivity (Wildman–Crippen MR) is 140 cm³/mol. The van der Waals surface area contributed by atoms with E-state index in [0.29, 0.717) is 28.9 Å². The van der Waals surface area contributed by atoms with E-state index < -0.39 is 0 Å². The number of anilines is 3. The van der Waals surface area contributed by atoms with Gasteiger partial charge >= 0.3 is 0 Å². The van der Waals surface area contributed by atoms with E-state index in [9.17, 15) is 5.11 Å². The largest absolute Gasteiger partial charge is 0.507 e. The van der Waals surface area contributed by atoms with Crippen LogP contribution in [0.15, 0.2) is 42.6 Å². The summed E-state index contributed by atoms with van der Waals surface area (Å²) in [5.74, 6) is 8.63. The van der Waals surface area contributed by atoms with Crippen LogP contribution in [0.4, 0.5) is 17.3 Å². The standard InChI is InChI=1S/C27H30N8O/c1-18-9-13-34(22-16-21(32-33-26(22)28)20-4-2-3-5-23(20)36)14-15-35(18)25-8-12-29-24(30-25)7-11-27-10-6-19(17-27)31-27/h2-5,8,12,16,18-19,31,36H,6,9-10,13-15,17H2,1H3,(H2,28,33)/t18-,19?,27?/m1/s1. The molecule has 1 saturated carbocycles. The molecule has 0 radical (unpaired) electrons. The molecule has 3 atom stereocenters. The number of phenolic OH excluding ortho intramolecular Hbond substituents is 1. The Morgan fingerprint density at radius 2 is 2.00 bits per heavy atom. The summed E-state index contributed by atoms with van der Waals surface area (Å²) in [6.07, 6.45) is 6.18. The van der Waals surface area contributed by atoms with Gasteiger partial charge in [0.2, 0.25) is 5.82 Å². The van der Waals surface area contributed by atoms with E-state index in [0.717, 1.165) is 50.4 Å². The first-order valence-electron chi connectivity index (χ1n) is 12.6. The minimum atomic E-state index is -0.0195. The molecule has 4 fully saturated rings. The van der Waals surface area contributed by atoms with Crippen LogP contribution in [0.2, 0.25) is 0 Å². The van der Waals surface area contributed by atoms with Gasteiger partial charge in [-0.1, -0.05) is 18.1 Å². The molecule has 5 heterocycles. The van der Waals surface area contributed by atoms with E-state index in [4.69, 9.17) is 10.7 Å². The van der Waals surface area contributed by atoms with Crippen molar-refractivity contribution in [2.75, 3.05) is 35.2 Å². The number of aromatic nitrogens is 4. The van der Waals surface area contributed by atoms with Crippen molar-refractivity contribution in [3.8, 4) is 28.8 Å². The Morgan fingerprint density at radius 1 is 1.14 bits per heavy atom. The van der Waals surface area contributed by atoms with E-state index in [2.05, 4.69) is 49.1 Å². The van der Waals surface area contributed by atoms with Gasteiger partial charge in [0.05, 0.1) is 16.9 Å². The Morgan fingerprint density at radius 3 is 2.81 bits per heavy atom. The molecule has 9 heteroatoms. The van der Waals surface area contributed by atoms with Crippen LogP contribution in [0, 0.1) is 11.8 Å². The van der Waals surface area contributed by atoms with Crippen LogP contribution in [0.25, 0.3) is 11.3 Å². The van der Waals surface area contributed by atoms with Crippen molar-refractivity contribution in [2.24, 2.45) is 0 Å². The Balaban J connectivity index is 1.21. The zero-order chi connectivity index (χ0) is 24.7. The number of fused-ring (bicyclic) bond motifs is 1. The van der Waals surface area contributed by atoms with Crippen molar-refractivity contribution in [3.05, 3.63) is 48.4 Å². The minimum Gasteiger partial charge on any atom is -0.507 e. The number of nitrogen functional groups attached to an aromatic ring is 1. The van der Waals surface area contributed by atoms with Crippen LogP contribution in [-0.4, -0.2) is 62.5 Å². The molecule has 4 aliphatic rings. The molecule has 0 spiro atoms. The molecule has 3 aliphatic heterocycles. The molecule has 3 saturated heterocycles. The van der Waals surface area contributed by atoms with Gasteiger partial charge in [0.1, 0.15) is 11.6 Å². The lowest BCUT2D eigenvalue weighted by molar-refractivity contribution is 0.295. The van der Waals surface area contributed by atoms with Gasteiger partial charge in [0.25, 0.3) is 0 Å². The third kappa shape index (κ3) is 4.18. The average molecular weight is 483 g/mol. The van der Waals surface area contributed by atoms with E-state index in [1.165, 1.54) is 6.42 Å². The lowest BCUT2D eigenvalue weighted by atomic mass is 9.91. The fourth-order valence-electron chi connectivity index (χ4n) is 5.56. The molecule has 4 N–H and O–H groups in total. The summed E-state index contributed by atoms with van der Waals surface area (Å²) < 4.78 is 0. The number of para-hydroxylation sites is 1. The number of nitrogens with zero attached hydrogens (tertiary/aromatic N) is 6. The second-order valence-corrected chi connectivity index (χ2v) is 9.99. The molecule has 2 bridgehead atoms. The zero-order valence-electron chi connectivity index (χ0n) is 20.4. The topological polar surface area (TPSA) is 116 Å². The number of aromatic hydroxyl groups is 1. The number of hydrogen-bond donors (Lipinski definition) is 3. The highest BCUT2D eigenvalue weighted by Gasteiger charge is 2.48. The van der Waals surface area contributed by atoms with Crippen LogP contribution in [0.3, 0.4) is 0 Å². The van der Waals surface area contributed by atoms with E-state index in [1.54, 1.807) is 18.3 Å². The maximum absolute atomic E-state index is 10.3. The van der Waals surface area contributed by atoms with Gasteiger partial charge in [-0.3, -0.25) is 5.32 Å². The normalized spacial score (nSPS) is 25.0. The number of rotatable bonds is 3. The van der Waals surface area contributed by atoms with E-state index in [1.807, 2.05) is 24.3 Å². The van der Waals surface area contributed by atoms with Crippen LogP contribution >= 0.6 is 0 Å². The van der Waals surface area contributed by atoms with Gasteiger partial charge < -0.3 is 20.6 Å². The predicted octanol–water partition coefficient (Wildman–Crippen LogP) is 2.57. The van der Waals surface area contributed by atoms with Crippen molar-refractivity contribution >= 4 is 17.3 Å². The maximum atomic E-state index is 10.3. The summed E-state index contributed by atoms with van der Waals surface area (Å²) in [6.45, 7) is 4.56. The summed E-state index contributed by atoms with van der Waals surface area (Å²) in [7, 11) is 0. The minimum absolute atomic E-state index is 0.0195. The van der Waals surface area contributed by atoms with Crippen molar-refractivity contribution in [2.45, 2.75) is 50.2 Å². The van der Waals surface area contributed by atoms with Crippen molar-refractivity contribution in [3.63, 3.8) is 0 Å². The van der Waals surface area contributed by atoms with Crippen LogP contribution in [0.1, 0.15) is 38.4 Å². The molecule has 9 nitrogen and oxygen atoms in total. The molecule has 0 amide bonds. The molecule has 3 aromatic rings. The molecule has 1 aromatic carbocycles. The van der Waals surface area contributed by atoms with Gasteiger partial charge in [-0.25, -0.2) is 9.97 Å². The van der Waals surface area contributed by atoms with Gasteiger partial charge in [-0.05, 0) is 62.8 Å². The zero-order valence-corrected chi connectivity index (χ0v) is 20.4. The summed E-state index contributed by atoms with van der Waals surface area (Å²) in [5.41, 5.74) is 8.29. The number of nitrogens with one attached hydrogen (secondary N) is 1. The van der Waals surface area contributed by atoms with Crippen LogP contribution in [-0.2, 0) is 0 Å². The highest BCUT2D eigenvalue weighted by Crippen LogP contribution is 2.39. The van der Waals surface area contributed by atoms with E-state index >= 15 is 0 Å². The third-order valence-corrected chi connectivity index (χ3v) is 7.63. The first-order chi connectivity index (χ1) is 17.5. The first kappa shape index (κ1) is 22.6. The Labute approximate surface area is 210 Å². The van der Waals surface area contributed by atoms with Crippen LogP contribution in [0.5, 0.6) is 5.75 Å². The van der Waals surface area contributed by atoms with Crippen LogP contribution < -0.4 is 20.9 Å². The summed E-state index contributed by atoms with van der Waals surface area (Å²) in [6, 6.07) is 11.9. The van der Waals surface area contributed by atoms with Crippen molar-refractivity contribution in [1.82, 2.24) is 25.5 Å². The lowest BCUT2D eigenvalue weighted by Crippen LogP contribution is -2.55. The summed E-state index contributed by atoms with van der Waals surface area (Å²) in [5, 5.41) is 22.2.